The van der Waals surface area contributed by atoms with E-state index in [9.17, 15) is 14.7 Å². The summed E-state index contributed by atoms with van der Waals surface area (Å²) in [6.07, 6.45) is 0.590. The van der Waals surface area contributed by atoms with E-state index in [1.165, 1.54) is 23.9 Å². The number of amides is 2. The summed E-state index contributed by atoms with van der Waals surface area (Å²) in [4.78, 5) is 32.3. The monoisotopic (exact) mass is 489 g/mol. The average molecular weight is 490 g/mol. The Morgan fingerprint density at radius 3 is 2.71 bits per heavy atom. The normalized spacial score (nSPS) is 17.7. The van der Waals surface area contributed by atoms with Gasteiger partial charge in [-0.05, 0) is 48.4 Å². The molecule has 178 valence electrons. The SMILES string of the molecule is O=C(CC1SC(=Nc2ccccc2)N(CCc2ccc3c(c2)OCO3)C1=O)Nc1cccc(O)c1. The molecule has 8 nitrogen and oxygen atoms in total. The minimum absolute atomic E-state index is 0.00646. The maximum absolute atomic E-state index is 13.3. The summed E-state index contributed by atoms with van der Waals surface area (Å²) in [6, 6.07) is 21.5. The van der Waals surface area contributed by atoms with E-state index in [0.717, 1.165) is 11.3 Å². The number of carbonyl (C=O) groups is 2. The molecule has 2 N–H and O–H groups in total. The third-order valence-electron chi connectivity index (χ3n) is 5.56. The van der Waals surface area contributed by atoms with Gasteiger partial charge in [0.05, 0.1) is 5.69 Å². The van der Waals surface area contributed by atoms with Crippen molar-refractivity contribution >= 4 is 40.1 Å². The first kappa shape index (κ1) is 22.8. The smallest absolute Gasteiger partial charge is 0.242 e. The number of hydrogen-bond acceptors (Lipinski definition) is 7. The molecule has 0 aromatic heterocycles. The number of amidine groups is 1. The van der Waals surface area contributed by atoms with Gasteiger partial charge in [0, 0.05) is 24.7 Å². The first-order chi connectivity index (χ1) is 17.0. The molecule has 35 heavy (non-hydrogen) atoms. The van der Waals surface area contributed by atoms with E-state index in [-0.39, 0.29) is 30.8 Å². The Kier molecular flexibility index (Phi) is 6.58. The van der Waals surface area contributed by atoms with Gasteiger partial charge in [0.25, 0.3) is 0 Å². The zero-order chi connectivity index (χ0) is 24.2. The Bertz CT molecular complexity index is 1280. The molecule has 2 aliphatic heterocycles. The van der Waals surface area contributed by atoms with Crippen LogP contribution in [0.1, 0.15) is 12.0 Å². The van der Waals surface area contributed by atoms with Crippen LogP contribution in [0.3, 0.4) is 0 Å². The number of aromatic hydroxyl groups is 1. The minimum Gasteiger partial charge on any atom is -0.508 e. The summed E-state index contributed by atoms with van der Waals surface area (Å²) in [5.41, 5.74) is 2.22. The number of ether oxygens (including phenoxy) is 2. The lowest BCUT2D eigenvalue weighted by atomic mass is 10.1. The van der Waals surface area contributed by atoms with Crippen LogP contribution in [0.5, 0.6) is 17.2 Å². The van der Waals surface area contributed by atoms with Gasteiger partial charge in [-0.25, -0.2) is 4.99 Å². The van der Waals surface area contributed by atoms with Crippen molar-refractivity contribution in [1.29, 1.82) is 0 Å². The van der Waals surface area contributed by atoms with Gasteiger partial charge in [-0.2, -0.15) is 0 Å². The van der Waals surface area contributed by atoms with Crippen molar-refractivity contribution in [2.75, 3.05) is 18.7 Å². The van der Waals surface area contributed by atoms with E-state index in [2.05, 4.69) is 10.3 Å². The number of aliphatic imine (C=N–C) groups is 1. The molecular weight excluding hydrogens is 466 g/mol. The van der Waals surface area contributed by atoms with Crippen molar-refractivity contribution in [2.45, 2.75) is 18.1 Å². The number of nitrogens with zero attached hydrogens (tertiary/aromatic N) is 2. The van der Waals surface area contributed by atoms with Crippen LogP contribution in [0.2, 0.25) is 0 Å². The van der Waals surface area contributed by atoms with Crippen LogP contribution in [0.25, 0.3) is 0 Å². The molecule has 3 aromatic rings. The highest BCUT2D eigenvalue weighted by atomic mass is 32.2. The van der Waals surface area contributed by atoms with Crippen molar-refractivity contribution in [3.05, 3.63) is 78.4 Å². The molecule has 0 spiro atoms. The quantitative estimate of drug-likeness (QED) is 0.513. The van der Waals surface area contributed by atoms with Crippen molar-refractivity contribution < 1.29 is 24.2 Å². The number of benzene rings is 3. The Morgan fingerprint density at radius 2 is 1.89 bits per heavy atom. The number of nitrogens with one attached hydrogen (secondary N) is 1. The van der Waals surface area contributed by atoms with E-state index in [1.54, 1.807) is 17.0 Å². The summed E-state index contributed by atoms with van der Waals surface area (Å²) in [5.74, 6) is 1.01. The molecule has 3 aromatic carbocycles. The summed E-state index contributed by atoms with van der Waals surface area (Å²) < 4.78 is 10.8. The number of anilines is 1. The van der Waals surface area contributed by atoms with Crippen molar-refractivity contribution in [3.63, 3.8) is 0 Å². The molecule has 5 rings (SSSR count). The third-order valence-corrected chi connectivity index (χ3v) is 6.74. The fourth-order valence-electron chi connectivity index (χ4n) is 3.85. The lowest BCUT2D eigenvalue weighted by Crippen LogP contribution is -2.35. The van der Waals surface area contributed by atoms with E-state index in [4.69, 9.17) is 9.47 Å². The van der Waals surface area contributed by atoms with Crippen LogP contribution in [0.4, 0.5) is 11.4 Å². The number of carbonyl (C=O) groups excluding carboxylic acids is 2. The van der Waals surface area contributed by atoms with Gasteiger partial charge in [0.2, 0.25) is 18.6 Å². The molecule has 9 heteroatoms. The lowest BCUT2D eigenvalue weighted by molar-refractivity contribution is -0.128. The van der Waals surface area contributed by atoms with E-state index < -0.39 is 5.25 Å². The Balaban J connectivity index is 1.31. The largest absolute Gasteiger partial charge is 0.508 e. The first-order valence-electron chi connectivity index (χ1n) is 11.1. The van der Waals surface area contributed by atoms with E-state index in [0.29, 0.717) is 35.3 Å². The van der Waals surface area contributed by atoms with Gasteiger partial charge >= 0.3 is 0 Å². The standard InChI is InChI=1S/C26H23N3O5S/c30-20-8-4-7-19(14-20)27-24(31)15-23-25(32)29(26(35-23)28-18-5-2-1-3-6-18)12-11-17-9-10-21-22(13-17)34-16-33-21/h1-10,13-14,23,30H,11-12,15-16H2,(H,27,31). The first-order valence-corrected chi connectivity index (χ1v) is 12.0. The predicted octanol–water partition coefficient (Wildman–Crippen LogP) is 4.32. The van der Waals surface area contributed by atoms with Crippen molar-refractivity contribution in [1.82, 2.24) is 4.90 Å². The Morgan fingerprint density at radius 1 is 1.06 bits per heavy atom. The van der Waals surface area contributed by atoms with Crippen LogP contribution in [0, 0.1) is 0 Å². The molecule has 2 heterocycles. The number of hydrogen-bond donors (Lipinski definition) is 2. The summed E-state index contributed by atoms with van der Waals surface area (Å²) >= 11 is 1.29. The zero-order valence-corrected chi connectivity index (χ0v) is 19.5. The summed E-state index contributed by atoms with van der Waals surface area (Å²) in [6.45, 7) is 0.627. The van der Waals surface area contributed by atoms with Crippen molar-refractivity contribution in [3.8, 4) is 17.2 Å². The van der Waals surface area contributed by atoms with Crippen LogP contribution in [-0.2, 0) is 16.0 Å². The zero-order valence-electron chi connectivity index (χ0n) is 18.7. The Hall–Kier alpha value is -3.98. The number of para-hydroxylation sites is 1. The number of phenolic OH excluding ortho intramolecular Hbond substituents is 1. The number of rotatable bonds is 7. The summed E-state index contributed by atoms with van der Waals surface area (Å²) in [5, 5.41) is 12.3. The third kappa shape index (κ3) is 5.41. The molecule has 0 saturated carbocycles. The average Bonchev–Trinajstić information content (AvgIpc) is 3.42. The second-order valence-corrected chi connectivity index (χ2v) is 9.24. The maximum atomic E-state index is 13.3. The highest BCUT2D eigenvalue weighted by Gasteiger charge is 2.39. The van der Waals surface area contributed by atoms with Crippen LogP contribution < -0.4 is 14.8 Å². The molecule has 0 radical (unpaired) electrons. The van der Waals surface area contributed by atoms with Crippen LogP contribution in [-0.4, -0.2) is 45.6 Å². The molecular formula is C26H23N3O5S. The van der Waals surface area contributed by atoms with Gasteiger partial charge < -0.3 is 19.9 Å². The highest BCUT2D eigenvalue weighted by molar-refractivity contribution is 8.15. The van der Waals surface area contributed by atoms with Gasteiger partial charge in [-0.1, -0.05) is 42.1 Å². The highest BCUT2D eigenvalue weighted by Crippen LogP contribution is 2.34. The predicted molar refractivity (Wildman–Crippen MR) is 134 cm³/mol. The van der Waals surface area contributed by atoms with Gasteiger partial charge in [0.1, 0.15) is 11.0 Å². The number of fused-ring (bicyclic) bond motifs is 1. The second kappa shape index (κ2) is 10.1. The lowest BCUT2D eigenvalue weighted by Gasteiger charge is -2.16. The second-order valence-electron chi connectivity index (χ2n) is 8.07. The fraction of sp³-hybridized carbons (Fsp3) is 0.192. The van der Waals surface area contributed by atoms with Gasteiger partial charge in [-0.3, -0.25) is 14.5 Å². The molecule has 0 aliphatic carbocycles. The molecule has 2 aliphatic rings. The summed E-state index contributed by atoms with van der Waals surface area (Å²) in [7, 11) is 0. The molecule has 1 atom stereocenters. The van der Waals surface area contributed by atoms with Crippen LogP contribution >= 0.6 is 11.8 Å². The van der Waals surface area contributed by atoms with E-state index >= 15 is 0 Å². The topological polar surface area (TPSA) is 100 Å². The van der Waals surface area contributed by atoms with E-state index in [1.807, 2.05) is 48.5 Å². The molecule has 0 bridgehead atoms. The minimum atomic E-state index is -0.591. The fourth-order valence-corrected chi connectivity index (χ4v) is 5.03. The molecule has 1 saturated heterocycles. The van der Waals surface area contributed by atoms with Gasteiger partial charge in [0.15, 0.2) is 16.7 Å². The molecule has 1 fully saturated rings. The number of thioether (sulfide) groups is 1. The Labute approximate surface area is 206 Å². The maximum Gasteiger partial charge on any atom is 0.242 e. The number of phenols is 1. The van der Waals surface area contributed by atoms with Crippen molar-refractivity contribution in [2.24, 2.45) is 4.99 Å². The molecule has 1 unspecified atom stereocenters. The molecule has 2 amide bonds. The van der Waals surface area contributed by atoms with Gasteiger partial charge in [-0.15, -0.1) is 0 Å². The van der Waals surface area contributed by atoms with Crippen LogP contribution in [0.15, 0.2) is 77.8 Å².